The Kier molecular flexibility index (Phi) is 7.47. The standard InChI is InChI=1S/C26H31N3O5S2/c1-17-10-12-19(13-11-17)29-21-15-36(32,33)16-22(21)35-24(29)28-23(30)20(14-18-8-6-5-7-9-18)27-25(31)34-26(2,3)4/h5-13,20-22H,14-16H2,1-4H3,(H,27,31)/t20-,21+,22-/m1/s1. The molecule has 0 saturated carbocycles. The van der Waals surface area contributed by atoms with Gasteiger partial charge in [0, 0.05) is 17.4 Å². The maximum absolute atomic E-state index is 13.5. The van der Waals surface area contributed by atoms with Gasteiger partial charge in [-0.25, -0.2) is 13.2 Å². The van der Waals surface area contributed by atoms with Crippen molar-refractivity contribution in [3.8, 4) is 0 Å². The van der Waals surface area contributed by atoms with E-state index in [-0.39, 0.29) is 29.2 Å². The van der Waals surface area contributed by atoms with E-state index in [1.807, 2.05) is 66.4 Å². The van der Waals surface area contributed by atoms with Crippen LogP contribution in [0, 0.1) is 6.92 Å². The average molecular weight is 530 g/mol. The number of carbonyl (C=O) groups excluding carboxylic acids is 2. The molecule has 36 heavy (non-hydrogen) atoms. The second-order valence-electron chi connectivity index (χ2n) is 10.1. The first kappa shape index (κ1) is 26.2. The molecule has 192 valence electrons. The van der Waals surface area contributed by atoms with Gasteiger partial charge >= 0.3 is 6.09 Å². The lowest BCUT2D eigenvalue weighted by molar-refractivity contribution is -0.119. The van der Waals surface area contributed by atoms with E-state index < -0.39 is 33.5 Å². The lowest BCUT2D eigenvalue weighted by Gasteiger charge is -2.25. The third-order valence-corrected chi connectivity index (χ3v) is 9.07. The fraction of sp³-hybridized carbons (Fsp3) is 0.423. The lowest BCUT2D eigenvalue weighted by Crippen LogP contribution is -2.45. The van der Waals surface area contributed by atoms with E-state index in [1.54, 1.807) is 20.8 Å². The highest BCUT2D eigenvalue weighted by molar-refractivity contribution is 8.16. The second-order valence-corrected chi connectivity index (χ2v) is 13.5. The Balaban J connectivity index is 1.64. The largest absolute Gasteiger partial charge is 0.444 e. The van der Waals surface area contributed by atoms with Crippen LogP contribution in [-0.2, 0) is 25.8 Å². The van der Waals surface area contributed by atoms with Crippen molar-refractivity contribution in [1.82, 2.24) is 5.32 Å². The Labute approximate surface area is 216 Å². The molecule has 10 heteroatoms. The average Bonchev–Trinajstić information content (AvgIpc) is 3.24. The van der Waals surface area contributed by atoms with Crippen molar-refractivity contribution in [1.29, 1.82) is 0 Å². The molecule has 2 saturated heterocycles. The number of sulfone groups is 1. The molecule has 2 aromatic rings. The Bertz CT molecular complexity index is 1250. The molecule has 2 aliphatic heterocycles. The topological polar surface area (TPSA) is 105 Å². The molecular weight excluding hydrogens is 498 g/mol. The zero-order valence-electron chi connectivity index (χ0n) is 20.8. The quantitative estimate of drug-likeness (QED) is 0.629. The minimum Gasteiger partial charge on any atom is -0.444 e. The van der Waals surface area contributed by atoms with Crippen molar-refractivity contribution in [3.05, 3.63) is 65.7 Å². The third-order valence-electron chi connectivity index (χ3n) is 5.86. The minimum absolute atomic E-state index is 0.00928. The zero-order valence-corrected chi connectivity index (χ0v) is 22.4. The van der Waals surface area contributed by atoms with Gasteiger partial charge in [-0.15, -0.1) is 0 Å². The maximum atomic E-state index is 13.5. The van der Waals surface area contributed by atoms with Crippen LogP contribution in [0.3, 0.4) is 0 Å². The summed E-state index contributed by atoms with van der Waals surface area (Å²) < 4.78 is 30.1. The molecule has 4 rings (SSSR count). The molecular formula is C26H31N3O5S2. The number of aliphatic imine (C=N–C) groups is 1. The Hall–Kier alpha value is -2.85. The predicted molar refractivity (Wildman–Crippen MR) is 143 cm³/mol. The number of anilines is 1. The van der Waals surface area contributed by atoms with Gasteiger partial charge < -0.3 is 15.0 Å². The van der Waals surface area contributed by atoms with Gasteiger partial charge in [0.15, 0.2) is 15.0 Å². The first-order valence-electron chi connectivity index (χ1n) is 11.8. The summed E-state index contributed by atoms with van der Waals surface area (Å²) in [5, 5.41) is 2.91. The molecule has 2 aromatic carbocycles. The van der Waals surface area contributed by atoms with Gasteiger partial charge in [-0.3, -0.25) is 4.79 Å². The molecule has 1 N–H and O–H groups in total. The summed E-state index contributed by atoms with van der Waals surface area (Å²) in [5.41, 5.74) is 2.00. The van der Waals surface area contributed by atoms with Crippen LogP contribution in [0.15, 0.2) is 59.6 Å². The monoisotopic (exact) mass is 529 g/mol. The minimum atomic E-state index is -3.17. The number of benzene rings is 2. The van der Waals surface area contributed by atoms with Crippen LogP contribution in [0.1, 0.15) is 31.9 Å². The SMILES string of the molecule is Cc1ccc(N2C(=NC(=O)[C@@H](Cc3ccccc3)NC(=O)OC(C)(C)C)S[C@@H]3CS(=O)(=O)C[C@@H]32)cc1. The Morgan fingerprint density at radius 1 is 1.11 bits per heavy atom. The molecule has 0 aliphatic carbocycles. The summed E-state index contributed by atoms with van der Waals surface area (Å²) in [6, 6.07) is 15.8. The van der Waals surface area contributed by atoms with Crippen LogP contribution < -0.4 is 10.2 Å². The first-order valence-corrected chi connectivity index (χ1v) is 14.5. The van der Waals surface area contributed by atoms with Gasteiger partial charge in [0.05, 0.1) is 17.5 Å². The number of carbonyl (C=O) groups is 2. The molecule has 3 atom stereocenters. The van der Waals surface area contributed by atoms with E-state index in [0.29, 0.717) is 5.17 Å². The number of hydrogen-bond acceptors (Lipinski definition) is 6. The van der Waals surface area contributed by atoms with Gasteiger partial charge in [0.1, 0.15) is 11.6 Å². The summed E-state index contributed by atoms with van der Waals surface area (Å²) in [5.74, 6) is -0.469. The molecule has 2 aliphatic rings. The van der Waals surface area contributed by atoms with E-state index in [0.717, 1.165) is 16.8 Å². The van der Waals surface area contributed by atoms with Crippen molar-refractivity contribution in [2.45, 2.75) is 57.1 Å². The first-order chi connectivity index (χ1) is 16.9. The number of nitrogens with one attached hydrogen (secondary N) is 1. The number of alkyl carbamates (subject to hydrolysis) is 1. The summed E-state index contributed by atoms with van der Waals surface area (Å²) in [4.78, 5) is 32.3. The van der Waals surface area contributed by atoms with Crippen LogP contribution >= 0.6 is 11.8 Å². The molecule has 0 aromatic heterocycles. The Morgan fingerprint density at radius 3 is 2.42 bits per heavy atom. The van der Waals surface area contributed by atoms with Gasteiger partial charge in [-0.2, -0.15) is 4.99 Å². The van der Waals surface area contributed by atoms with E-state index in [9.17, 15) is 18.0 Å². The molecule has 2 heterocycles. The highest BCUT2D eigenvalue weighted by Crippen LogP contribution is 2.41. The number of aryl methyl sites for hydroxylation is 1. The summed E-state index contributed by atoms with van der Waals surface area (Å²) in [7, 11) is -3.17. The van der Waals surface area contributed by atoms with Gasteiger partial charge in [0.25, 0.3) is 5.91 Å². The third kappa shape index (κ3) is 6.47. The number of amidine groups is 1. The van der Waals surface area contributed by atoms with Crippen molar-refractivity contribution >= 4 is 44.5 Å². The number of thioether (sulfide) groups is 1. The fourth-order valence-corrected chi connectivity index (χ4v) is 8.16. The molecule has 0 radical (unpaired) electrons. The second kappa shape index (κ2) is 10.3. The van der Waals surface area contributed by atoms with Crippen LogP contribution in [-0.4, -0.2) is 60.0 Å². The maximum Gasteiger partial charge on any atom is 0.408 e. The van der Waals surface area contributed by atoms with Gasteiger partial charge in [-0.1, -0.05) is 59.8 Å². The van der Waals surface area contributed by atoms with Crippen LogP contribution in [0.2, 0.25) is 0 Å². The smallest absolute Gasteiger partial charge is 0.408 e. The fourth-order valence-electron chi connectivity index (χ4n) is 4.24. The number of hydrogen-bond donors (Lipinski definition) is 1. The van der Waals surface area contributed by atoms with Crippen molar-refractivity contribution in [2.75, 3.05) is 16.4 Å². The van der Waals surface area contributed by atoms with Gasteiger partial charge in [0.2, 0.25) is 0 Å². The molecule has 2 amide bonds. The number of fused-ring (bicyclic) bond motifs is 1. The van der Waals surface area contributed by atoms with Crippen LogP contribution in [0.5, 0.6) is 0 Å². The molecule has 0 bridgehead atoms. The van der Waals surface area contributed by atoms with Crippen LogP contribution in [0.25, 0.3) is 0 Å². The number of amides is 2. The molecule has 0 spiro atoms. The number of rotatable bonds is 5. The highest BCUT2D eigenvalue weighted by atomic mass is 32.2. The normalized spacial score (nSPS) is 22.8. The van der Waals surface area contributed by atoms with Crippen molar-refractivity contribution < 1.29 is 22.7 Å². The number of ether oxygens (including phenoxy) is 1. The molecule has 0 unspecified atom stereocenters. The highest BCUT2D eigenvalue weighted by Gasteiger charge is 2.49. The summed E-state index contributed by atoms with van der Waals surface area (Å²) >= 11 is 1.30. The van der Waals surface area contributed by atoms with E-state index >= 15 is 0 Å². The van der Waals surface area contributed by atoms with Crippen molar-refractivity contribution in [2.24, 2.45) is 4.99 Å². The van der Waals surface area contributed by atoms with E-state index in [1.165, 1.54) is 11.8 Å². The van der Waals surface area contributed by atoms with Gasteiger partial charge in [-0.05, 0) is 45.4 Å². The zero-order chi connectivity index (χ0) is 26.1. The summed E-state index contributed by atoms with van der Waals surface area (Å²) in [6.45, 7) is 7.23. The lowest BCUT2D eigenvalue weighted by atomic mass is 10.1. The summed E-state index contributed by atoms with van der Waals surface area (Å²) in [6.07, 6.45) is -0.457. The van der Waals surface area contributed by atoms with Crippen molar-refractivity contribution in [3.63, 3.8) is 0 Å². The van der Waals surface area contributed by atoms with E-state index in [2.05, 4.69) is 10.3 Å². The Morgan fingerprint density at radius 2 is 1.78 bits per heavy atom. The molecule has 8 nitrogen and oxygen atoms in total. The van der Waals surface area contributed by atoms with E-state index in [4.69, 9.17) is 4.74 Å². The number of nitrogens with zero attached hydrogens (tertiary/aromatic N) is 2. The molecule has 2 fully saturated rings. The van der Waals surface area contributed by atoms with Crippen LogP contribution in [0.4, 0.5) is 10.5 Å². The predicted octanol–water partition coefficient (Wildman–Crippen LogP) is 3.73.